The van der Waals surface area contributed by atoms with Gasteiger partial charge < -0.3 is 5.32 Å². The van der Waals surface area contributed by atoms with E-state index in [-0.39, 0.29) is 5.75 Å². The molecule has 0 fully saturated rings. The minimum Gasteiger partial charge on any atom is -0.343 e. The fourth-order valence-electron chi connectivity index (χ4n) is 2.72. The lowest BCUT2D eigenvalue weighted by Gasteiger charge is -2.18. The molecule has 1 atom stereocenters. The van der Waals surface area contributed by atoms with Gasteiger partial charge in [-0.2, -0.15) is 0 Å². The van der Waals surface area contributed by atoms with Crippen molar-refractivity contribution in [2.75, 3.05) is 5.75 Å². The van der Waals surface area contributed by atoms with Gasteiger partial charge in [0.1, 0.15) is 5.75 Å². The van der Waals surface area contributed by atoms with Crippen LogP contribution in [0, 0.1) is 0 Å². The lowest BCUT2D eigenvalue weighted by Crippen LogP contribution is -2.34. The van der Waals surface area contributed by atoms with Gasteiger partial charge in [0, 0.05) is 14.4 Å². The molecule has 28 heavy (non-hydrogen) atoms. The molecule has 3 rings (SSSR count). The van der Waals surface area contributed by atoms with E-state index >= 15 is 0 Å². The fourth-order valence-corrected chi connectivity index (χ4v) is 5.20. The number of sulfone groups is 1. The van der Waals surface area contributed by atoms with Gasteiger partial charge in [-0.1, -0.05) is 57.9 Å². The fraction of sp³-hybridized carbons (Fsp3) is 0.150. The van der Waals surface area contributed by atoms with Crippen molar-refractivity contribution in [1.29, 1.82) is 0 Å². The molecule has 0 saturated carbocycles. The van der Waals surface area contributed by atoms with Gasteiger partial charge in [0.15, 0.2) is 9.84 Å². The normalized spacial score (nSPS) is 12.5. The summed E-state index contributed by atoms with van der Waals surface area (Å²) >= 11 is 10.8. The number of carbonyl (C=O) groups is 1. The summed E-state index contributed by atoms with van der Waals surface area (Å²) in [5, 5.41) is 5.35. The van der Waals surface area contributed by atoms with Crippen LogP contribution in [0.15, 0.2) is 70.5 Å². The van der Waals surface area contributed by atoms with Gasteiger partial charge in [0.05, 0.1) is 11.8 Å². The third-order valence-corrected chi connectivity index (χ3v) is 7.18. The number of thiophene rings is 1. The molecule has 0 aliphatic heterocycles. The van der Waals surface area contributed by atoms with Gasteiger partial charge in [-0.25, -0.2) is 8.42 Å². The van der Waals surface area contributed by atoms with E-state index in [1.807, 2.05) is 29.6 Å². The SMILES string of the molecule is O=C(CS(=O)(=O)Cc1ccc(Br)cc1)NC(c1ccc(Cl)cc1)c1cccs1. The molecular formula is C20H17BrClNO3S2. The van der Waals surface area contributed by atoms with E-state index in [0.717, 1.165) is 14.9 Å². The molecule has 0 radical (unpaired) electrons. The number of hydrogen-bond acceptors (Lipinski definition) is 4. The maximum atomic E-state index is 12.5. The lowest BCUT2D eigenvalue weighted by atomic mass is 10.1. The van der Waals surface area contributed by atoms with Gasteiger partial charge in [-0.05, 0) is 46.8 Å². The molecule has 1 unspecified atom stereocenters. The van der Waals surface area contributed by atoms with Crippen molar-refractivity contribution in [2.24, 2.45) is 0 Å². The Balaban J connectivity index is 1.73. The maximum absolute atomic E-state index is 12.5. The minimum atomic E-state index is -3.60. The van der Waals surface area contributed by atoms with Crippen LogP contribution in [-0.2, 0) is 20.4 Å². The molecule has 1 N–H and O–H groups in total. The third kappa shape index (κ3) is 5.91. The summed E-state index contributed by atoms with van der Waals surface area (Å²) in [6.45, 7) is 0. The first kappa shape index (κ1) is 21.0. The van der Waals surface area contributed by atoms with Crippen LogP contribution < -0.4 is 5.32 Å². The molecule has 0 spiro atoms. The van der Waals surface area contributed by atoms with Gasteiger partial charge in [-0.15, -0.1) is 11.3 Å². The smallest absolute Gasteiger partial charge is 0.235 e. The number of hydrogen-bond donors (Lipinski definition) is 1. The van der Waals surface area contributed by atoms with Crippen LogP contribution in [0.4, 0.5) is 0 Å². The molecule has 3 aromatic rings. The second kappa shape index (κ2) is 9.22. The second-order valence-electron chi connectivity index (χ2n) is 6.23. The molecule has 1 amide bonds. The second-order valence-corrected chi connectivity index (χ2v) is 10.6. The van der Waals surface area contributed by atoms with Crippen molar-refractivity contribution in [3.05, 3.63) is 91.5 Å². The maximum Gasteiger partial charge on any atom is 0.235 e. The van der Waals surface area contributed by atoms with Crippen molar-refractivity contribution in [2.45, 2.75) is 11.8 Å². The van der Waals surface area contributed by atoms with Crippen LogP contribution in [0.3, 0.4) is 0 Å². The third-order valence-electron chi connectivity index (χ3n) is 3.99. The monoisotopic (exact) mass is 497 g/mol. The quantitative estimate of drug-likeness (QED) is 0.499. The van der Waals surface area contributed by atoms with E-state index in [4.69, 9.17) is 11.6 Å². The van der Waals surface area contributed by atoms with Crippen molar-refractivity contribution in [3.63, 3.8) is 0 Å². The van der Waals surface area contributed by atoms with E-state index in [2.05, 4.69) is 21.2 Å². The molecule has 0 aliphatic rings. The minimum absolute atomic E-state index is 0.182. The highest BCUT2D eigenvalue weighted by Gasteiger charge is 2.22. The predicted octanol–water partition coefficient (Wildman–Crippen LogP) is 4.98. The molecule has 0 aliphatic carbocycles. The predicted molar refractivity (Wildman–Crippen MR) is 117 cm³/mol. The zero-order valence-corrected chi connectivity index (χ0v) is 18.6. The van der Waals surface area contributed by atoms with Gasteiger partial charge >= 0.3 is 0 Å². The highest BCUT2D eigenvalue weighted by atomic mass is 79.9. The first-order chi connectivity index (χ1) is 13.3. The standard InChI is InChI=1S/C20H17BrClNO3S2/c21-16-7-3-14(4-8-16)12-28(25,26)13-19(24)23-20(18-2-1-11-27-18)15-5-9-17(22)10-6-15/h1-11,20H,12-13H2,(H,23,24). The van der Waals surface area contributed by atoms with Crippen molar-refractivity contribution < 1.29 is 13.2 Å². The molecule has 0 bridgehead atoms. The summed E-state index contributed by atoms with van der Waals surface area (Å²) in [7, 11) is -3.60. The van der Waals surface area contributed by atoms with Crippen molar-refractivity contribution in [1.82, 2.24) is 5.32 Å². The molecular weight excluding hydrogens is 482 g/mol. The van der Waals surface area contributed by atoms with E-state index < -0.39 is 27.5 Å². The Morgan fingerprint density at radius 3 is 2.36 bits per heavy atom. The Morgan fingerprint density at radius 1 is 1.07 bits per heavy atom. The average Bonchev–Trinajstić information content (AvgIpc) is 3.16. The van der Waals surface area contributed by atoms with Gasteiger partial charge in [0.25, 0.3) is 0 Å². The van der Waals surface area contributed by atoms with Crippen LogP contribution in [0.25, 0.3) is 0 Å². The number of halogens is 2. The summed E-state index contributed by atoms with van der Waals surface area (Å²) in [5.74, 6) is -1.29. The summed E-state index contributed by atoms with van der Waals surface area (Å²) in [5.41, 5.74) is 1.48. The van der Waals surface area contributed by atoms with Crippen molar-refractivity contribution in [3.8, 4) is 0 Å². The van der Waals surface area contributed by atoms with E-state index in [1.54, 1.807) is 36.4 Å². The average molecular weight is 499 g/mol. The largest absolute Gasteiger partial charge is 0.343 e. The summed E-state index contributed by atoms with van der Waals surface area (Å²) in [6, 6.07) is 17.5. The Labute approximate surface area is 181 Å². The molecule has 0 saturated heterocycles. The Kier molecular flexibility index (Phi) is 6.93. The van der Waals surface area contributed by atoms with E-state index in [1.165, 1.54) is 11.3 Å². The molecule has 8 heteroatoms. The number of amides is 1. The van der Waals surface area contributed by atoms with Crippen LogP contribution >= 0.6 is 38.9 Å². The van der Waals surface area contributed by atoms with Gasteiger partial charge in [0.2, 0.25) is 5.91 Å². The first-order valence-electron chi connectivity index (χ1n) is 8.35. The highest BCUT2D eigenvalue weighted by molar-refractivity contribution is 9.10. The first-order valence-corrected chi connectivity index (χ1v) is 12.2. The zero-order chi connectivity index (χ0) is 20.1. The molecule has 146 valence electrons. The summed E-state index contributed by atoms with van der Waals surface area (Å²) < 4.78 is 25.8. The Bertz CT molecular complexity index is 1030. The van der Waals surface area contributed by atoms with Crippen LogP contribution in [0.5, 0.6) is 0 Å². The number of carbonyl (C=O) groups excluding carboxylic acids is 1. The Hall–Kier alpha value is -1.67. The zero-order valence-electron chi connectivity index (χ0n) is 14.6. The summed E-state index contributed by atoms with van der Waals surface area (Å²) in [6.07, 6.45) is 0. The van der Waals surface area contributed by atoms with E-state index in [9.17, 15) is 13.2 Å². The number of benzene rings is 2. The van der Waals surface area contributed by atoms with Crippen LogP contribution in [0.1, 0.15) is 22.0 Å². The van der Waals surface area contributed by atoms with E-state index in [0.29, 0.717) is 10.6 Å². The highest BCUT2D eigenvalue weighted by Crippen LogP contribution is 2.27. The number of nitrogens with one attached hydrogen (secondary N) is 1. The number of rotatable bonds is 7. The van der Waals surface area contributed by atoms with Crippen LogP contribution in [0.2, 0.25) is 5.02 Å². The Morgan fingerprint density at radius 2 is 1.75 bits per heavy atom. The summed E-state index contributed by atoms with van der Waals surface area (Å²) in [4.78, 5) is 13.4. The molecule has 1 heterocycles. The molecule has 4 nitrogen and oxygen atoms in total. The van der Waals surface area contributed by atoms with Crippen molar-refractivity contribution >= 4 is 54.6 Å². The van der Waals surface area contributed by atoms with Gasteiger partial charge in [-0.3, -0.25) is 4.79 Å². The topological polar surface area (TPSA) is 63.2 Å². The lowest BCUT2D eigenvalue weighted by molar-refractivity contribution is -0.119. The molecule has 1 aromatic heterocycles. The molecule has 2 aromatic carbocycles. The van der Waals surface area contributed by atoms with Crippen LogP contribution in [-0.4, -0.2) is 20.1 Å².